The molecule has 16 heavy (non-hydrogen) atoms. The number of hydrogen-bond donors (Lipinski definition) is 0. The first-order chi connectivity index (χ1) is 7.40. The molecule has 0 N–H and O–H groups in total. The zero-order chi connectivity index (χ0) is 12.4. The van der Waals surface area contributed by atoms with Crippen molar-refractivity contribution in [3.8, 4) is 0 Å². The van der Waals surface area contributed by atoms with Crippen LogP contribution < -0.4 is 0 Å². The Balaban J connectivity index is 2.96. The van der Waals surface area contributed by atoms with Gasteiger partial charge < -0.3 is 9.47 Å². The molecule has 1 aliphatic rings. The van der Waals surface area contributed by atoms with Gasteiger partial charge in [-0.05, 0) is 20.3 Å². The lowest BCUT2D eigenvalue weighted by molar-refractivity contribution is -0.495. The zero-order valence-corrected chi connectivity index (χ0v) is 10.5. The summed E-state index contributed by atoms with van der Waals surface area (Å²) in [7, 11) is 2.86. The molecule has 1 heterocycles. The average molecular weight is 232 g/mol. The van der Waals surface area contributed by atoms with Crippen LogP contribution >= 0.6 is 0 Å². The summed E-state index contributed by atoms with van der Waals surface area (Å²) in [6.07, 6.45) is 1.01. The Hall–Kier alpha value is -0.650. The molecule has 0 aromatic heterocycles. The third kappa shape index (κ3) is 2.36. The van der Waals surface area contributed by atoms with Gasteiger partial charge in [-0.1, -0.05) is 6.92 Å². The van der Waals surface area contributed by atoms with Crippen molar-refractivity contribution in [1.29, 1.82) is 0 Å². The van der Waals surface area contributed by atoms with Gasteiger partial charge >= 0.3 is 5.97 Å². The highest BCUT2D eigenvalue weighted by atomic mass is 17.2. The number of carbonyl (C=O) groups is 1. The van der Waals surface area contributed by atoms with Crippen LogP contribution in [0.5, 0.6) is 0 Å². The molecule has 0 aromatic rings. The van der Waals surface area contributed by atoms with Gasteiger partial charge in [0.05, 0.1) is 12.7 Å². The van der Waals surface area contributed by atoms with E-state index in [2.05, 4.69) is 0 Å². The van der Waals surface area contributed by atoms with Gasteiger partial charge in [0.2, 0.25) is 5.79 Å². The minimum Gasteiger partial charge on any atom is -0.469 e. The second-order valence-electron chi connectivity index (χ2n) is 4.58. The molecule has 0 saturated carbocycles. The van der Waals surface area contributed by atoms with E-state index < -0.39 is 17.3 Å². The van der Waals surface area contributed by atoms with Gasteiger partial charge in [0.25, 0.3) is 0 Å². The highest BCUT2D eigenvalue weighted by Crippen LogP contribution is 2.40. The maximum atomic E-state index is 11.8. The van der Waals surface area contributed by atoms with Gasteiger partial charge in [-0.25, -0.2) is 4.89 Å². The van der Waals surface area contributed by atoms with Gasteiger partial charge in [0.15, 0.2) is 0 Å². The molecule has 0 amide bonds. The van der Waals surface area contributed by atoms with E-state index in [0.717, 1.165) is 0 Å². The molecule has 5 nitrogen and oxygen atoms in total. The summed E-state index contributed by atoms with van der Waals surface area (Å²) in [4.78, 5) is 22.3. The Bertz CT molecular complexity index is 257. The molecule has 0 aliphatic carbocycles. The number of methoxy groups -OCH3 is 2. The van der Waals surface area contributed by atoms with Crippen LogP contribution in [0.3, 0.4) is 0 Å². The van der Waals surface area contributed by atoms with E-state index in [1.54, 1.807) is 0 Å². The van der Waals surface area contributed by atoms with E-state index in [1.165, 1.54) is 14.2 Å². The van der Waals surface area contributed by atoms with Crippen molar-refractivity contribution in [3.05, 3.63) is 0 Å². The molecule has 0 unspecified atom stereocenters. The van der Waals surface area contributed by atoms with Crippen LogP contribution in [0, 0.1) is 5.92 Å². The van der Waals surface area contributed by atoms with Gasteiger partial charge in [0.1, 0.15) is 5.92 Å². The quantitative estimate of drug-likeness (QED) is 0.547. The van der Waals surface area contributed by atoms with Gasteiger partial charge in [-0.2, -0.15) is 4.89 Å². The molecule has 0 spiro atoms. The third-order valence-electron chi connectivity index (χ3n) is 2.96. The summed E-state index contributed by atoms with van der Waals surface area (Å²) in [5.41, 5.74) is -0.518. The van der Waals surface area contributed by atoms with Gasteiger partial charge in [-0.3, -0.25) is 4.79 Å². The monoisotopic (exact) mass is 232 g/mol. The molecule has 2 atom stereocenters. The predicted octanol–water partition coefficient (Wildman–Crippen LogP) is 1.66. The molecular formula is C11H20O5. The van der Waals surface area contributed by atoms with Crippen molar-refractivity contribution in [2.45, 2.75) is 45.0 Å². The summed E-state index contributed by atoms with van der Waals surface area (Å²) in [6, 6.07) is 0. The van der Waals surface area contributed by atoms with Crippen LogP contribution in [0.1, 0.15) is 33.6 Å². The normalized spacial score (nSPS) is 33.4. The van der Waals surface area contributed by atoms with Crippen molar-refractivity contribution in [3.63, 3.8) is 0 Å². The van der Waals surface area contributed by atoms with Crippen LogP contribution in [-0.2, 0) is 24.0 Å². The van der Waals surface area contributed by atoms with Crippen molar-refractivity contribution >= 4 is 5.97 Å². The molecule has 1 fully saturated rings. The van der Waals surface area contributed by atoms with E-state index in [-0.39, 0.29) is 5.97 Å². The first kappa shape index (κ1) is 13.4. The highest BCUT2D eigenvalue weighted by molar-refractivity contribution is 5.73. The number of esters is 1. The van der Waals surface area contributed by atoms with E-state index >= 15 is 0 Å². The Morgan fingerprint density at radius 1 is 1.38 bits per heavy atom. The minimum absolute atomic E-state index is 0.333. The van der Waals surface area contributed by atoms with E-state index in [1.807, 2.05) is 20.8 Å². The summed E-state index contributed by atoms with van der Waals surface area (Å²) in [5, 5.41) is 0. The summed E-state index contributed by atoms with van der Waals surface area (Å²) < 4.78 is 10.1. The number of carbonyl (C=O) groups excluding carboxylic acids is 1. The molecule has 0 radical (unpaired) electrons. The third-order valence-corrected chi connectivity index (χ3v) is 2.96. The second-order valence-corrected chi connectivity index (χ2v) is 4.58. The zero-order valence-electron chi connectivity index (χ0n) is 10.5. The molecule has 0 aromatic carbocycles. The Morgan fingerprint density at radius 2 is 2.00 bits per heavy atom. The van der Waals surface area contributed by atoms with Crippen molar-refractivity contribution < 1.29 is 24.0 Å². The first-order valence-corrected chi connectivity index (χ1v) is 5.40. The van der Waals surface area contributed by atoms with E-state index in [4.69, 9.17) is 19.2 Å². The van der Waals surface area contributed by atoms with Gasteiger partial charge in [0, 0.05) is 13.5 Å². The Labute approximate surface area is 95.9 Å². The first-order valence-electron chi connectivity index (χ1n) is 5.40. The van der Waals surface area contributed by atoms with Crippen LogP contribution in [0.2, 0.25) is 0 Å². The number of hydrogen-bond acceptors (Lipinski definition) is 5. The SMILES string of the molecule is CC[C@@]1(OC)OOC(C)(C)C[C@@H]1C(=O)OC. The van der Waals surface area contributed by atoms with E-state index in [0.29, 0.717) is 12.8 Å². The molecule has 94 valence electrons. The maximum absolute atomic E-state index is 11.8. The molecule has 1 aliphatic heterocycles. The summed E-state index contributed by atoms with van der Waals surface area (Å²) >= 11 is 0. The Kier molecular flexibility index (Phi) is 3.93. The lowest BCUT2D eigenvalue weighted by Crippen LogP contribution is -2.54. The summed E-state index contributed by atoms with van der Waals surface area (Å²) in [5.74, 6) is -1.85. The molecular weight excluding hydrogens is 212 g/mol. The minimum atomic E-state index is -1.04. The van der Waals surface area contributed by atoms with Crippen LogP contribution in [0.15, 0.2) is 0 Å². The van der Waals surface area contributed by atoms with Crippen LogP contribution in [-0.4, -0.2) is 31.6 Å². The molecule has 1 saturated heterocycles. The molecule has 1 rings (SSSR count). The second kappa shape index (κ2) is 4.69. The predicted molar refractivity (Wildman–Crippen MR) is 56.4 cm³/mol. The Morgan fingerprint density at radius 3 is 2.44 bits per heavy atom. The lowest BCUT2D eigenvalue weighted by Gasteiger charge is -2.44. The average Bonchev–Trinajstić information content (AvgIpc) is 2.28. The fraction of sp³-hybridized carbons (Fsp3) is 0.909. The smallest absolute Gasteiger partial charge is 0.314 e. The van der Waals surface area contributed by atoms with E-state index in [9.17, 15) is 4.79 Å². The maximum Gasteiger partial charge on any atom is 0.314 e. The standard InChI is InChI=1S/C11H20O5/c1-6-11(14-5)8(9(12)13-4)7-10(2,3)15-16-11/h8H,6-7H2,1-5H3/t8-,11-/m1/s1. The number of ether oxygens (including phenoxy) is 2. The largest absolute Gasteiger partial charge is 0.469 e. The molecule has 5 heteroatoms. The lowest BCUT2D eigenvalue weighted by atomic mass is 9.84. The van der Waals surface area contributed by atoms with Crippen molar-refractivity contribution in [1.82, 2.24) is 0 Å². The fourth-order valence-electron chi connectivity index (χ4n) is 1.95. The van der Waals surface area contributed by atoms with Crippen LogP contribution in [0.4, 0.5) is 0 Å². The van der Waals surface area contributed by atoms with Crippen LogP contribution in [0.25, 0.3) is 0 Å². The number of rotatable bonds is 3. The summed E-state index contributed by atoms with van der Waals surface area (Å²) in [6.45, 7) is 5.59. The fourth-order valence-corrected chi connectivity index (χ4v) is 1.95. The highest BCUT2D eigenvalue weighted by Gasteiger charge is 2.52. The van der Waals surface area contributed by atoms with Crippen molar-refractivity contribution in [2.24, 2.45) is 5.92 Å². The van der Waals surface area contributed by atoms with Crippen molar-refractivity contribution in [2.75, 3.05) is 14.2 Å². The topological polar surface area (TPSA) is 54.0 Å². The molecule has 0 bridgehead atoms. The van der Waals surface area contributed by atoms with Gasteiger partial charge in [-0.15, -0.1) is 0 Å².